The molecule has 0 aromatic carbocycles. The highest BCUT2D eigenvalue weighted by Gasteiger charge is 2.61. The van der Waals surface area contributed by atoms with Gasteiger partial charge in [-0.05, 0) is 80.0 Å². The molecule has 0 heterocycles. The number of hydrogen-bond acceptors (Lipinski definition) is 1. The van der Waals surface area contributed by atoms with Crippen LogP contribution in [0.2, 0.25) is 0 Å². The predicted octanol–water partition coefficient (Wildman–Crippen LogP) is 5.48. The molecule has 0 bridgehead atoms. The van der Waals surface area contributed by atoms with Gasteiger partial charge >= 0.3 is 0 Å². The van der Waals surface area contributed by atoms with E-state index in [9.17, 15) is 4.79 Å². The van der Waals surface area contributed by atoms with Gasteiger partial charge in [-0.15, -0.1) is 0 Å². The van der Waals surface area contributed by atoms with E-state index in [-0.39, 0.29) is 5.41 Å². The molecule has 4 saturated carbocycles. The van der Waals surface area contributed by atoms with Crippen LogP contribution in [-0.2, 0) is 4.79 Å². The molecule has 4 fully saturated rings. The van der Waals surface area contributed by atoms with Gasteiger partial charge in [0, 0.05) is 11.3 Å². The van der Waals surface area contributed by atoms with Crippen LogP contribution in [0.5, 0.6) is 0 Å². The zero-order valence-corrected chi connectivity index (χ0v) is 15.0. The van der Waals surface area contributed by atoms with Crippen LogP contribution >= 0.6 is 0 Å². The molecule has 1 heteroatoms. The molecule has 0 saturated heterocycles. The van der Waals surface area contributed by atoms with E-state index in [1.807, 2.05) is 0 Å². The Kier molecular flexibility index (Phi) is 3.34. The molecule has 8 atom stereocenters. The van der Waals surface area contributed by atoms with E-state index in [1.54, 1.807) is 0 Å². The maximum Gasteiger partial charge on any atom is 0.141 e. The lowest BCUT2D eigenvalue weighted by atomic mass is 9.45. The Bertz CT molecular complexity index is 482. The van der Waals surface area contributed by atoms with Gasteiger partial charge in [0.05, 0.1) is 0 Å². The molecule has 1 nitrogen and oxygen atoms in total. The first-order chi connectivity index (χ1) is 10.4. The third-order valence-corrected chi connectivity index (χ3v) is 8.94. The minimum atomic E-state index is 0.0335. The third-order valence-electron chi connectivity index (χ3n) is 8.94. The molecule has 0 N–H and O–H groups in total. The van der Waals surface area contributed by atoms with Crippen LogP contribution in [-0.4, -0.2) is 5.78 Å². The number of Topliss-reactive ketones (excluding diaryl/α,β-unsaturated/α-hetero) is 1. The van der Waals surface area contributed by atoms with Crippen molar-refractivity contribution < 1.29 is 4.79 Å². The summed E-state index contributed by atoms with van der Waals surface area (Å²) in [7, 11) is 0. The first-order valence-corrected chi connectivity index (χ1v) is 9.90. The highest BCUT2D eigenvalue weighted by molar-refractivity contribution is 5.89. The Morgan fingerprint density at radius 2 is 1.68 bits per heavy atom. The molecule has 124 valence electrons. The second-order valence-electron chi connectivity index (χ2n) is 9.99. The van der Waals surface area contributed by atoms with Crippen molar-refractivity contribution in [3.8, 4) is 0 Å². The summed E-state index contributed by atoms with van der Waals surface area (Å²) in [6, 6.07) is 0. The molecule has 0 amide bonds. The summed E-state index contributed by atoms with van der Waals surface area (Å²) in [6.07, 6.45) is 10.9. The minimum absolute atomic E-state index is 0.0335. The Hall–Kier alpha value is -0.330. The fourth-order valence-corrected chi connectivity index (χ4v) is 7.58. The van der Waals surface area contributed by atoms with Gasteiger partial charge in [0.15, 0.2) is 0 Å². The van der Waals surface area contributed by atoms with Crippen molar-refractivity contribution in [2.24, 2.45) is 46.3 Å². The van der Waals surface area contributed by atoms with Crippen LogP contribution in [0.1, 0.15) is 79.1 Å². The molecule has 0 radical (unpaired) electrons. The van der Waals surface area contributed by atoms with Crippen LogP contribution in [0.15, 0.2) is 0 Å². The Balaban J connectivity index is 1.64. The third kappa shape index (κ3) is 1.86. The summed E-state index contributed by atoms with van der Waals surface area (Å²) in [5.74, 6) is 5.29. The second-order valence-corrected chi connectivity index (χ2v) is 9.99. The van der Waals surface area contributed by atoms with Crippen molar-refractivity contribution in [2.45, 2.75) is 79.1 Å². The first-order valence-electron chi connectivity index (χ1n) is 9.90. The van der Waals surface area contributed by atoms with Gasteiger partial charge < -0.3 is 0 Å². The first kappa shape index (κ1) is 15.2. The fraction of sp³-hybridized carbons (Fsp3) is 0.952. The van der Waals surface area contributed by atoms with Crippen molar-refractivity contribution in [3.63, 3.8) is 0 Å². The SMILES string of the molecule is C[C@H]1CC[C@@]2(C)[C@@H](CC[C@@H]3[C@@H]2CC[C@]2(C)C(=O)[C@H](C)C[C@@H]32)C1. The van der Waals surface area contributed by atoms with E-state index in [0.29, 0.717) is 23.0 Å². The van der Waals surface area contributed by atoms with Crippen LogP contribution in [0.3, 0.4) is 0 Å². The molecule has 0 aromatic rings. The summed E-state index contributed by atoms with van der Waals surface area (Å²) in [4.78, 5) is 12.7. The highest BCUT2D eigenvalue weighted by atomic mass is 16.1. The smallest absolute Gasteiger partial charge is 0.141 e. The number of hydrogen-bond donors (Lipinski definition) is 0. The van der Waals surface area contributed by atoms with Crippen molar-refractivity contribution in [2.75, 3.05) is 0 Å². The molecule has 0 spiro atoms. The van der Waals surface area contributed by atoms with E-state index in [4.69, 9.17) is 0 Å². The molecule has 0 aliphatic heterocycles. The van der Waals surface area contributed by atoms with E-state index >= 15 is 0 Å². The van der Waals surface area contributed by atoms with Gasteiger partial charge in [0.25, 0.3) is 0 Å². The quantitative estimate of drug-likeness (QED) is 0.579. The number of fused-ring (bicyclic) bond motifs is 5. The number of carbonyl (C=O) groups excluding carboxylic acids is 1. The van der Waals surface area contributed by atoms with Crippen molar-refractivity contribution in [1.29, 1.82) is 0 Å². The summed E-state index contributed by atoms with van der Waals surface area (Å²) >= 11 is 0. The van der Waals surface area contributed by atoms with Gasteiger partial charge in [0.2, 0.25) is 0 Å². The van der Waals surface area contributed by atoms with Crippen LogP contribution in [0, 0.1) is 46.3 Å². The molecule has 0 unspecified atom stereocenters. The lowest BCUT2D eigenvalue weighted by molar-refractivity contribution is -0.141. The Morgan fingerprint density at radius 3 is 2.45 bits per heavy atom. The largest absolute Gasteiger partial charge is 0.299 e. The van der Waals surface area contributed by atoms with Crippen molar-refractivity contribution in [1.82, 2.24) is 0 Å². The Morgan fingerprint density at radius 1 is 0.909 bits per heavy atom. The monoisotopic (exact) mass is 302 g/mol. The fourth-order valence-electron chi connectivity index (χ4n) is 7.58. The highest BCUT2D eigenvalue weighted by Crippen LogP contribution is 2.66. The van der Waals surface area contributed by atoms with Gasteiger partial charge in [-0.25, -0.2) is 0 Å². The average Bonchev–Trinajstić information content (AvgIpc) is 2.72. The van der Waals surface area contributed by atoms with Gasteiger partial charge in [0.1, 0.15) is 5.78 Å². The molecule has 22 heavy (non-hydrogen) atoms. The summed E-state index contributed by atoms with van der Waals surface area (Å²) < 4.78 is 0. The van der Waals surface area contributed by atoms with E-state index in [1.165, 1.54) is 51.4 Å². The normalized spacial score (nSPS) is 57.9. The summed E-state index contributed by atoms with van der Waals surface area (Å²) in [6.45, 7) is 9.60. The van der Waals surface area contributed by atoms with E-state index in [2.05, 4.69) is 27.7 Å². The van der Waals surface area contributed by atoms with Crippen LogP contribution in [0.4, 0.5) is 0 Å². The standard InChI is InChI=1S/C21H34O/c1-13-7-9-20(3)15(11-13)5-6-16-17(20)8-10-21(4)18(16)12-14(2)19(21)22/h13-18H,5-12H2,1-4H3/t13-,14+,15-,16+,17-,18-,20-,21-/m0/s1. The van der Waals surface area contributed by atoms with Gasteiger partial charge in [-0.1, -0.05) is 34.1 Å². The minimum Gasteiger partial charge on any atom is -0.299 e. The number of ketones is 1. The summed E-state index contributed by atoms with van der Waals surface area (Å²) in [5, 5.41) is 0. The maximum atomic E-state index is 12.7. The maximum absolute atomic E-state index is 12.7. The predicted molar refractivity (Wildman–Crippen MR) is 90.4 cm³/mol. The topological polar surface area (TPSA) is 17.1 Å². The van der Waals surface area contributed by atoms with Gasteiger partial charge in [-0.2, -0.15) is 0 Å². The van der Waals surface area contributed by atoms with E-state index < -0.39 is 0 Å². The Labute approximate surface area is 136 Å². The zero-order valence-electron chi connectivity index (χ0n) is 15.0. The summed E-state index contributed by atoms with van der Waals surface area (Å²) in [5.41, 5.74) is 0.622. The molecule has 4 rings (SSSR count). The van der Waals surface area contributed by atoms with Crippen molar-refractivity contribution >= 4 is 5.78 Å². The van der Waals surface area contributed by atoms with Crippen LogP contribution < -0.4 is 0 Å². The van der Waals surface area contributed by atoms with Gasteiger partial charge in [-0.3, -0.25) is 4.79 Å². The average molecular weight is 303 g/mol. The van der Waals surface area contributed by atoms with Crippen molar-refractivity contribution in [3.05, 3.63) is 0 Å². The molecule has 4 aliphatic carbocycles. The van der Waals surface area contributed by atoms with Crippen LogP contribution in [0.25, 0.3) is 0 Å². The molecule has 4 aliphatic rings. The lowest BCUT2D eigenvalue weighted by Gasteiger charge is -2.60. The van der Waals surface area contributed by atoms with E-state index in [0.717, 1.165) is 23.7 Å². The molecular formula is C21H34O. The molecule has 0 aromatic heterocycles. The zero-order chi connectivity index (χ0) is 15.7. The lowest BCUT2D eigenvalue weighted by Crippen LogP contribution is -2.53. The number of carbonyl (C=O) groups is 1. The molecular weight excluding hydrogens is 268 g/mol. The number of rotatable bonds is 0. The second kappa shape index (κ2) is 4.84.